The number of fused-ring (bicyclic) bond motifs is 1. The molecule has 0 aliphatic carbocycles. The maximum absolute atomic E-state index is 12.2. The highest BCUT2D eigenvalue weighted by molar-refractivity contribution is 5.89. The van der Waals surface area contributed by atoms with Crippen molar-refractivity contribution in [3.63, 3.8) is 0 Å². The van der Waals surface area contributed by atoms with Crippen LogP contribution in [-0.2, 0) is 27.2 Å². The average molecular weight is 554 g/mol. The first kappa shape index (κ1) is 29.7. The largest absolute Gasteiger partial charge is 0.394 e. The molecule has 0 unspecified atom stereocenters. The summed E-state index contributed by atoms with van der Waals surface area (Å²) in [4.78, 5) is 23.6. The monoisotopic (exact) mass is 553 g/mol. The summed E-state index contributed by atoms with van der Waals surface area (Å²) in [6, 6.07) is 14.0. The van der Waals surface area contributed by atoms with E-state index in [-0.39, 0.29) is 12.3 Å². The SMILES string of the molecule is Cc1cccc2c1c(Cc1ccc(CCCC(=O)NC(C)(C)C(N)=O)cc1)cn2[C@@H]1O[C@H](CO)[C@@H](O)[C@H](O)[C@H]1O. The third-order valence-corrected chi connectivity index (χ3v) is 7.64. The molecule has 0 bridgehead atoms. The molecular weight excluding hydrogens is 514 g/mol. The van der Waals surface area contributed by atoms with Gasteiger partial charge in [0.05, 0.1) is 12.1 Å². The van der Waals surface area contributed by atoms with E-state index in [2.05, 4.69) is 5.32 Å². The lowest BCUT2D eigenvalue weighted by Crippen LogP contribution is -2.56. The molecule has 10 heteroatoms. The van der Waals surface area contributed by atoms with Crippen molar-refractivity contribution >= 4 is 22.7 Å². The van der Waals surface area contributed by atoms with Crippen molar-refractivity contribution in [1.82, 2.24) is 9.88 Å². The van der Waals surface area contributed by atoms with Crippen LogP contribution in [-0.4, -0.2) is 73.4 Å². The summed E-state index contributed by atoms with van der Waals surface area (Å²) in [6.07, 6.45) is -2.12. The highest BCUT2D eigenvalue weighted by atomic mass is 16.6. The molecule has 0 radical (unpaired) electrons. The van der Waals surface area contributed by atoms with Crippen LogP contribution in [0.15, 0.2) is 48.7 Å². The number of rotatable bonds is 10. The van der Waals surface area contributed by atoms with Crippen molar-refractivity contribution in [1.29, 1.82) is 0 Å². The van der Waals surface area contributed by atoms with Gasteiger partial charge in [-0.2, -0.15) is 0 Å². The van der Waals surface area contributed by atoms with Gasteiger partial charge in [-0.3, -0.25) is 9.59 Å². The topological polar surface area (TPSA) is 167 Å². The van der Waals surface area contributed by atoms with Gasteiger partial charge in [-0.25, -0.2) is 0 Å². The molecule has 216 valence electrons. The number of primary amides is 1. The van der Waals surface area contributed by atoms with Gasteiger partial charge in [0.1, 0.15) is 30.0 Å². The summed E-state index contributed by atoms with van der Waals surface area (Å²) < 4.78 is 7.60. The Labute approximate surface area is 233 Å². The fraction of sp³-hybridized carbons (Fsp3) is 0.467. The van der Waals surface area contributed by atoms with Crippen molar-refractivity contribution in [2.45, 2.75) is 82.6 Å². The molecule has 3 aromatic rings. The van der Waals surface area contributed by atoms with Gasteiger partial charge in [0.25, 0.3) is 0 Å². The Balaban J connectivity index is 1.48. The third kappa shape index (κ3) is 6.21. The lowest BCUT2D eigenvalue weighted by Gasteiger charge is -2.40. The number of carbonyl (C=O) groups is 2. The molecule has 40 heavy (non-hydrogen) atoms. The number of amides is 2. The van der Waals surface area contributed by atoms with E-state index in [1.807, 2.05) is 55.6 Å². The first-order valence-corrected chi connectivity index (χ1v) is 13.5. The second-order valence-corrected chi connectivity index (χ2v) is 11.1. The molecule has 2 aromatic carbocycles. The predicted octanol–water partition coefficient (Wildman–Crippen LogP) is 1.22. The summed E-state index contributed by atoms with van der Waals surface area (Å²) >= 11 is 0. The summed E-state index contributed by atoms with van der Waals surface area (Å²) in [6.45, 7) is 4.67. The maximum Gasteiger partial charge on any atom is 0.242 e. The predicted molar refractivity (Wildman–Crippen MR) is 149 cm³/mol. The third-order valence-electron chi connectivity index (χ3n) is 7.64. The summed E-state index contributed by atoms with van der Waals surface area (Å²) in [5.74, 6) is -0.797. The van der Waals surface area contributed by atoms with Crippen LogP contribution >= 0.6 is 0 Å². The van der Waals surface area contributed by atoms with Crippen LogP contribution in [0.25, 0.3) is 10.9 Å². The van der Waals surface area contributed by atoms with E-state index in [0.29, 0.717) is 19.3 Å². The van der Waals surface area contributed by atoms with Crippen LogP contribution in [0.2, 0.25) is 0 Å². The Hall–Kier alpha value is -3.28. The van der Waals surface area contributed by atoms with Crippen LogP contribution in [0.4, 0.5) is 0 Å². The smallest absolute Gasteiger partial charge is 0.242 e. The van der Waals surface area contributed by atoms with E-state index in [1.54, 1.807) is 18.4 Å². The summed E-state index contributed by atoms with van der Waals surface area (Å²) in [5.41, 5.74) is 9.26. The highest BCUT2D eigenvalue weighted by Gasteiger charge is 2.44. The quantitative estimate of drug-likeness (QED) is 0.219. The molecule has 7 N–H and O–H groups in total. The second-order valence-electron chi connectivity index (χ2n) is 11.1. The average Bonchev–Trinajstić information content (AvgIpc) is 3.27. The van der Waals surface area contributed by atoms with Crippen molar-refractivity contribution in [2.75, 3.05) is 6.61 Å². The minimum absolute atomic E-state index is 0.216. The van der Waals surface area contributed by atoms with Crippen LogP contribution in [0.1, 0.15) is 55.2 Å². The van der Waals surface area contributed by atoms with E-state index in [0.717, 1.165) is 33.2 Å². The number of benzene rings is 2. The van der Waals surface area contributed by atoms with Crippen molar-refractivity contribution in [2.24, 2.45) is 5.73 Å². The molecule has 2 heterocycles. The van der Waals surface area contributed by atoms with Gasteiger partial charge in [0.2, 0.25) is 11.8 Å². The van der Waals surface area contributed by atoms with Gasteiger partial charge in [-0.15, -0.1) is 0 Å². The van der Waals surface area contributed by atoms with Gasteiger partial charge in [0.15, 0.2) is 6.23 Å². The van der Waals surface area contributed by atoms with E-state index in [9.17, 15) is 30.0 Å². The van der Waals surface area contributed by atoms with E-state index in [4.69, 9.17) is 10.5 Å². The van der Waals surface area contributed by atoms with Gasteiger partial charge in [0, 0.05) is 18.0 Å². The van der Waals surface area contributed by atoms with Gasteiger partial charge in [-0.1, -0.05) is 36.4 Å². The zero-order valence-electron chi connectivity index (χ0n) is 23.1. The van der Waals surface area contributed by atoms with Gasteiger partial charge in [-0.05, 0) is 68.4 Å². The molecule has 1 saturated heterocycles. The van der Waals surface area contributed by atoms with Crippen LogP contribution in [0.5, 0.6) is 0 Å². The molecule has 5 atom stereocenters. The van der Waals surface area contributed by atoms with E-state index >= 15 is 0 Å². The molecule has 1 aromatic heterocycles. The number of aryl methyl sites for hydroxylation is 2. The van der Waals surface area contributed by atoms with Crippen LogP contribution in [0.3, 0.4) is 0 Å². The number of ether oxygens (including phenoxy) is 1. The van der Waals surface area contributed by atoms with Crippen LogP contribution in [0, 0.1) is 6.92 Å². The summed E-state index contributed by atoms with van der Waals surface area (Å²) in [7, 11) is 0. The number of aliphatic hydroxyl groups is 4. The first-order valence-electron chi connectivity index (χ1n) is 13.5. The highest BCUT2D eigenvalue weighted by Crippen LogP contribution is 2.35. The fourth-order valence-corrected chi connectivity index (χ4v) is 5.21. The Morgan fingerprint density at radius 1 is 1.02 bits per heavy atom. The van der Waals surface area contributed by atoms with Crippen molar-refractivity contribution in [3.05, 3.63) is 70.9 Å². The molecule has 1 aliphatic rings. The number of carbonyl (C=O) groups excluding carboxylic acids is 2. The fourth-order valence-electron chi connectivity index (χ4n) is 5.21. The van der Waals surface area contributed by atoms with Gasteiger partial charge >= 0.3 is 0 Å². The molecule has 0 spiro atoms. The molecule has 0 saturated carbocycles. The normalized spacial score (nSPS) is 23.3. The second kappa shape index (κ2) is 12.1. The van der Waals surface area contributed by atoms with Crippen molar-refractivity contribution in [3.8, 4) is 0 Å². The zero-order chi connectivity index (χ0) is 29.2. The number of nitrogens with two attached hydrogens (primary N) is 1. The van der Waals surface area contributed by atoms with Crippen LogP contribution < -0.4 is 11.1 Å². The Bertz CT molecular complexity index is 1350. The molecule has 2 amide bonds. The molecule has 1 aliphatic heterocycles. The Morgan fingerprint density at radius 3 is 2.35 bits per heavy atom. The minimum Gasteiger partial charge on any atom is -0.394 e. The molecule has 10 nitrogen and oxygen atoms in total. The number of nitrogens with zero attached hydrogens (tertiary/aromatic N) is 1. The lowest BCUT2D eigenvalue weighted by molar-refractivity contribution is -0.250. The summed E-state index contributed by atoms with van der Waals surface area (Å²) in [5, 5.41) is 44.6. The van der Waals surface area contributed by atoms with Crippen molar-refractivity contribution < 1.29 is 34.8 Å². The number of nitrogens with one attached hydrogen (secondary N) is 1. The van der Waals surface area contributed by atoms with E-state index < -0.39 is 48.7 Å². The Morgan fingerprint density at radius 2 is 1.70 bits per heavy atom. The molecule has 1 fully saturated rings. The Kier molecular flexibility index (Phi) is 8.96. The first-order chi connectivity index (χ1) is 18.9. The molecular formula is C30H39N3O7. The van der Waals surface area contributed by atoms with Gasteiger partial charge < -0.3 is 40.8 Å². The number of hydrogen-bond donors (Lipinski definition) is 6. The minimum atomic E-state index is -1.46. The standard InChI is InChI=1S/C30H39N3O7/c1-17-6-4-8-21-24(17)20(15-33(21)28-27(38)26(37)25(36)22(16-34)40-28)14-19-12-10-18(11-13-19)7-5-9-23(35)32-30(2,3)29(31)39/h4,6,8,10-13,15,22,25-28,34,36-38H,5,7,9,14,16H2,1-3H3,(H2,31,39)(H,32,35)/t22-,25-,26+,27-,28-/m1/s1. The lowest BCUT2D eigenvalue weighted by atomic mass is 9.98. The number of hydrogen-bond acceptors (Lipinski definition) is 7. The molecule has 4 rings (SSSR count). The maximum atomic E-state index is 12.2. The zero-order valence-corrected chi connectivity index (χ0v) is 23.1. The van der Waals surface area contributed by atoms with E-state index in [1.165, 1.54) is 0 Å². The number of aliphatic hydroxyl groups excluding tert-OH is 4. The number of aromatic nitrogens is 1.